The minimum absolute atomic E-state index is 0.833. The van der Waals surface area contributed by atoms with Gasteiger partial charge < -0.3 is 0 Å². The molecular formula is C20H19N3S. The molecule has 1 aromatic heterocycles. The first-order valence-corrected chi connectivity index (χ1v) is 9.02. The summed E-state index contributed by atoms with van der Waals surface area (Å²) in [7, 11) is 0. The lowest BCUT2D eigenvalue weighted by Crippen LogP contribution is -2.00. The molecule has 0 spiro atoms. The SMILES string of the molecule is Cc1ccc(-c2csc(N/N=C3\CCc4ccc(C)cc43)n2)cc1. The van der Waals surface area contributed by atoms with Gasteiger partial charge in [-0.05, 0) is 38.3 Å². The van der Waals surface area contributed by atoms with E-state index in [1.165, 1.54) is 22.3 Å². The van der Waals surface area contributed by atoms with Gasteiger partial charge in [-0.15, -0.1) is 11.3 Å². The molecule has 0 saturated carbocycles. The van der Waals surface area contributed by atoms with Gasteiger partial charge in [-0.3, -0.25) is 5.43 Å². The summed E-state index contributed by atoms with van der Waals surface area (Å²) in [6, 6.07) is 15.0. The maximum Gasteiger partial charge on any atom is 0.203 e. The molecule has 0 amide bonds. The van der Waals surface area contributed by atoms with E-state index in [0.29, 0.717) is 0 Å². The van der Waals surface area contributed by atoms with Gasteiger partial charge in [0.2, 0.25) is 5.13 Å². The number of benzene rings is 2. The fourth-order valence-corrected chi connectivity index (χ4v) is 3.64. The van der Waals surface area contributed by atoms with Crippen molar-refractivity contribution in [3.05, 3.63) is 70.1 Å². The highest BCUT2D eigenvalue weighted by Crippen LogP contribution is 2.27. The fourth-order valence-electron chi connectivity index (χ4n) is 2.98. The van der Waals surface area contributed by atoms with Crippen molar-refractivity contribution in [2.45, 2.75) is 26.7 Å². The Morgan fingerprint density at radius 2 is 1.79 bits per heavy atom. The van der Waals surface area contributed by atoms with Crippen molar-refractivity contribution in [1.82, 2.24) is 4.98 Å². The second-order valence-corrected chi connectivity index (χ2v) is 7.09. The Labute approximate surface area is 146 Å². The normalized spacial score (nSPS) is 14.8. The van der Waals surface area contributed by atoms with Crippen LogP contribution < -0.4 is 5.43 Å². The first kappa shape index (κ1) is 15.1. The standard InChI is InChI=1S/C20H19N3S/c1-13-3-7-16(8-4-13)19-12-24-20(21-19)23-22-18-10-9-15-6-5-14(2)11-17(15)18/h3-8,11-12H,9-10H2,1-2H3,(H,21,23)/b22-18+. The van der Waals surface area contributed by atoms with Crippen molar-refractivity contribution in [3.8, 4) is 11.3 Å². The van der Waals surface area contributed by atoms with Crippen LogP contribution in [-0.2, 0) is 6.42 Å². The minimum atomic E-state index is 0.833. The third-order valence-electron chi connectivity index (χ3n) is 4.35. The number of aromatic nitrogens is 1. The van der Waals surface area contributed by atoms with Gasteiger partial charge in [0.15, 0.2) is 0 Å². The molecule has 1 aliphatic rings. The Morgan fingerprint density at radius 1 is 1.00 bits per heavy atom. The van der Waals surface area contributed by atoms with Gasteiger partial charge in [0.05, 0.1) is 11.4 Å². The maximum absolute atomic E-state index is 4.64. The lowest BCUT2D eigenvalue weighted by Gasteiger charge is -2.02. The van der Waals surface area contributed by atoms with Crippen molar-refractivity contribution in [1.29, 1.82) is 0 Å². The number of thiazole rings is 1. The van der Waals surface area contributed by atoms with Gasteiger partial charge >= 0.3 is 0 Å². The Hall–Kier alpha value is -2.46. The van der Waals surface area contributed by atoms with Crippen LogP contribution in [0.5, 0.6) is 0 Å². The van der Waals surface area contributed by atoms with E-state index in [1.54, 1.807) is 11.3 Å². The van der Waals surface area contributed by atoms with Crippen LogP contribution in [0.15, 0.2) is 52.9 Å². The molecule has 1 heterocycles. The summed E-state index contributed by atoms with van der Waals surface area (Å²) in [6.07, 6.45) is 2.06. The van der Waals surface area contributed by atoms with Crippen LogP contribution >= 0.6 is 11.3 Å². The topological polar surface area (TPSA) is 37.3 Å². The first-order valence-electron chi connectivity index (χ1n) is 8.14. The summed E-state index contributed by atoms with van der Waals surface area (Å²) in [5.41, 5.74) is 11.6. The number of rotatable bonds is 3. The number of nitrogens with zero attached hydrogens (tertiary/aromatic N) is 2. The quantitative estimate of drug-likeness (QED) is 0.670. The average molecular weight is 333 g/mol. The molecule has 24 heavy (non-hydrogen) atoms. The summed E-state index contributed by atoms with van der Waals surface area (Å²) in [5, 5.41) is 7.51. The number of hydrazone groups is 1. The maximum atomic E-state index is 4.64. The van der Waals surface area contributed by atoms with Crippen LogP contribution in [0.25, 0.3) is 11.3 Å². The highest BCUT2D eigenvalue weighted by atomic mass is 32.1. The molecule has 2 aromatic carbocycles. The number of nitrogens with one attached hydrogen (secondary N) is 1. The van der Waals surface area contributed by atoms with Crippen molar-refractivity contribution in [2.75, 3.05) is 5.43 Å². The van der Waals surface area contributed by atoms with E-state index in [-0.39, 0.29) is 0 Å². The molecule has 0 atom stereocenters. The highest BCUT2D eigenvalue weighted by molar-refractivity contribution is 7.14. The number of hydrogen-bond donors (Lipinski definition) is 1. The lowest BCUT2D eigenvalue weighted by atomic mass is 10.1. The molecule has 0 aliphatic heterocycles. The van der Waals surface area contributed by atoms with E-state index in [4.69, 9.17) is 0 Å². The van der Waals surface area contributed by atoms with Gasteiger partial charge in [0, 0.05) is 16.5 Å². The molecular weight excluding hydrogens is 314 g/mol. The molecule has 4 heteroatoms. The Bertz CT molecular complexity index is 907. The zero-order valence-corrected chi connectivity index (χ0v) is 14.7. The molecule has 1 N–H and O–H groups in total. The van der Waals surface area contributed by atoms with Crippen LogP contribution in [0.3, 0.4) is 0 Å². The van der Waals surface area contributed by atoms with Crippen molar-refractivity contribution >= 4 is 22.2 Å². The van der Waals surface area contributed by atoms with E-state index in [2.05, 4.69) is 77.2 Å². The van der Waals surface area contributed by atoms with Crippen LogP contribution in [0, 0.1) is 13.8 Å². The summed E-state index contributed by atoms with van der Waals surface area (Å²) >= 11 is 1.59. The third-order valence-corrected chi connectivity index (χ3v) is 5.09. The second-order valence-electron chi connectivity index (χ2n) is 6.23. The third kappa shape index (κ3) is 2.97. The molecule has 0 saturated heterocycles. The van der Waals surface area contributed by atoms with Crippen LogP contribution in [0.2, 0.25) is 0 Å². The smallest absolute Gasteiger partial charge is 0.203 e. The molecule has 0 unspecified atom stereocenters. The van der Waals surface area contributed by atoms with Gasteiger partial charge in [-0.1, -0.05) is 47.5 Å². The largest absolute Gasteiger partial charge is 0.252 e. The second kappa shape index (κ2) is 6.21. The zero-order valence-electron chi connectivity index (χ0n) is 13.8. The van der Waals surface area contributed by atoms with Crippen molar-refractivity contribution in [2.24, 2.45) is 5.10 Å². The Kier molecular flexibility index (Phi) is 3.90. The van der Waals surface area contributed by atoms with Crippen LogP contribution in [-0.4, -0.2) is 10.7 Å². The molecule has 120 valence electrons. The van der Waals surface area contributed by atoms with E-state index in [0.717, 1.165) is 34.9 Å². The molecule has 4 rings (SSSR count). The predicted octanol–water partition coefficient (Wildman–Crippen LogP) is 5.19. The van der Waals surface area contributed by atoms with E-state index < -0.39 is 0 Å². The first-order chi connectivity index (χ1) is 11.7. The molecule has 3 nitrogen and oxygen atoms in total. The monoisotopic (exact) mass is 333 g/mol. The zero-order chi connectivity index (χ0) is 16.5. The number of aryl methyl sites for hydroxylation is 3. The van der Waals surface area contributed by atoms with Crippen LogP contribution in [0.1, 0.15) is 28.7 Å². The molecule has 3 aromatic rings. The van der Waals surface area contributed by atoms with Gasteiger partial charge in [0.1, 0.15) is 0 Å². The predicted molar refractivity (Wildman–Crippen MR) is 102 cm³/mol. The highest BCUT2D eigenvalue weighted by Gasteiger charge is 2.17. The molecule has 0 fully saturated rings. The molecule has 0 radical (unpaired) electrons. The number of anilines is 1. The van der Waals surface area contributed by atoms with Crippen LogP contribution in [0.4, 0.5) is 5.13 Å². The minimum Gasteiger partial charge on any atom is -0.252 e. The van der Waals surface area contributed by atoms with E-state index in [9.17, 15) is 0 Å². The van der Waals surface area contributed by atoms with E-state index in [1.807, 2.05) is 0 Å². The summed E-state index contributed by atoms with van der Waals surface area (Å²) in [4.78, 5) is 4.64. The summed E-state index contributed by atoms with van der Waals surface area (Å²) < 4.78 is 0. The van der Waals surface area contributed by atoms with Gasteiger partial charge in [-0.25, -0.2) is 4.98 Å². The Morgan fingerprint density at radius 3 is 2.62 bits per heavy atom. The van der Waals surface area contributed by atoms with Gasteiger partial charge in [-0.2, -0.15) is 5.10 Å². The molecule has 1 aliphatic carbocycles. The summed E-state index contributed by atoms with van der Waals surface area (Å²) in [6.45, 7) is 4.22. The molecule has 0 bridgehead atoms. The van der Waals surface area contributed by atoms with Crippen molar-refractivity contribution in [3.63, 3.8) is 0 Å². The van der Waals surface area contributed by atoms with Crippen molar-refractivity contribution < 1.29 is 0 Å². The number of fused-ring (bicyclic) bond motifs is 1. The summed E-state index contributed by atoms with van der Waals surface area (Å²) in [5.74, 6) is 0. The van der Waals surface area contributed by atoms with Gasteiger partial charge in [0.25, 0.3) is 0 Å². The number of hydrogen-bond acceptors (Lipinski definition) is 4. The average Bonchev–Trinajstić information content (AvgIpc) is 3.20. The fraction of sp³-hybridized carbons (Fsp3) is 0.200. The van der Waals surface area contributed by atoms with E-state index >= 15 is 0 Å². The Balaban J connectivity index is 1.54. The lowest BCUT2D eigenvalue weighted by molar-refractivity contribution is 1.09.